The number of amides is 1. The predicted molar refractivity (Wildman–Crippen MR) is 70.5 cm³/mol. The summed E-state index contributed by atoms with van der Waals surface area (Å²) in [5.41, 5.74) is 8.75. The van der Waals surface area contributed by atoms with Crippen molar-refractivity contribution in [2.45, 2.75) is 31.8 Å². The summed E-state index contributed by atoms with van der Waals surface area (Å²) in [6.45, 7) is 1.49. The third kappa shape index (κ3) is 1.97. The summed E-state index contributed by atoms with van der Waals surface area (Å²) >= 11 is 0. The Kier molecular flexibility index (Phi) is 2.96. The number of rotatable bonds is 1. The molecule has 4 heteroatoms. The highest BCUT2D eigenvalue weighted by molar-refractivity contribution is 5.98. The molecule has 0 aliphatic carbocycles. The molecule has 1 fully saturated rings. The van der Waals surface area contributed by atoms with E-state index in [1.807, 2.05) is 23.1 Å². The maximum atomic E-state index is 12.4. The van der Waals surface area contributed by atoms with Gasteiger partial charge in [0, 0.05) is 24.5 Å². The van der Waals surface area contributed by atoms with Crippen molar-refractivity contribution in [2.24, 2.45) is 0 Å². The SMILES string of the molecule is Nc1ccc2c(c1)CCCN2C(=O)[C@@H]1CCCO1. The Morgan fingerprint density at radius 1 is 1.39 bits per heavy atom. The normalized spacial score (nSPS) is 22.9. The Morgan fingerprint density at radius 2 is 2.28 bits per heavy atom. The summed E-state index contributed by atoms with van der Waals surface area (Å²) in [6.07, 6.45) is 3.58. The lowest BCUT2D eigenvalue weighted by Gasteiger charge is -2.31. The van der Waals surface area contributed by atoms with Gasteiger partial charge in [-0.2, -0.15) is 0 Å². The molecule has 0 radical (unpaired) electrons. The number of benzene rings is 1. The number of fused-ring (bicyclic) bond motifs is 1. The van der Waals surface area contributed by atoms with Gasteiger partial charge in [-0.25, -0.2) is 0 Å². The Labute approximate surface area is 107 Å². The van der Waals surface area contributed by atoms with Crippen LogP contribution in [0.1, 0.15) is 24.8 Å². The first kappa shape index (κ1) is 11.5. The molecule has 4 nitrogen and oxygen atoms in total. The van der Waals surface area contributed by atoms with Gasteiger partial charge in [-0.05, 0) is 49.4 Å². The van der Waals surface area contributed by atoms with Gasteiger partial charge in [-0.15, -0.1) is 0 Å². The maximum Gasteiger partial charge on any atom is 0.256 e. The van der Waals surface area contributed by atoms with Crippen LogP contribution in [0.2, 0.25) is 0 Å². The van der Waals surface area contributed by atoms with Crippen molar-refractivity contribution < 1.29 is 9.53 Å². The Hall–Kier alpha value is -1.55. The number of nitrogen functional groups attached to an aromatic ring is 1. The molecule has 1 atom stereocenters. The van der Waals surface area contributed by atoms with E-state index in [4.69, 9.17) is 10.5 Å². The minimum absolute atomic E-state index is 0.109. The summed E-state index contributed by atoms with van der Waals surface area (Å²) in [5, 5.41) is 0. The number of carbonyl (C=O) groups is 1. The van der Waals surface area contributed by atoms with Gasteiger partial charge in [-0.3, -0.25) is 4.79 Å². The van der Waals surface area contributed by atoms with E-state index in [1.165, 1.54) is 5.56 Å². The third-order valence-corrected chi connectivity index (χ3v) is 3.69. The van der Waals surface area contributed by atoms with Crippen molar-refractivity contribution >= 4 is 17.3 Å². The van der Waals surface area contributed by atoms with Gasteiger partial charge in [-0.1, -0.05) is 0 Å². The van der Waals surface area contributed by atoms with Crippen LogP contribution in [-0.2, 0) is 16.0 Å². The average molecular weight is 246 g/mol. The Morgan fingerprint density at radius 3 is 3.06 bits per heavy atom. The van der Waals surface area contributed by atoms with Crippen molar-refractivity contribution in [3.8, 4) is 0 Å². The molecule has 0 aromatic heterocycles. The molecule has 3 rings (SSSR count). The van der Waals surface area contributed by atoms with Crippen LogP contribution in [-0.4, -0.2) is 25.2 Å². The first-order chi connectivity index (χ1) is 8.75. The first-order valence-electron chi connectivity index (χ1n) is 6.57. The monoisotopic (exact) mass is 246 g/mol. The van der Waals surface area contributed by atoms with E-state index in [9.17, 15) is 4.79 Å². The fraction of sp³-hybridized carbons (Fsp3) is 0.500. The molecular weight excluding hydrogens is 228 g/mol. The fourth-order valence-corrected chi connectivity index (χ4v) is 2.79. The highest BCUT2D eigenvalue weighted by Crippen LogP contribution is 2.30. The lowest BCUT2D eigenvalue weighted by molar-refractivity contribution is -0.127. The number of hydrogen-bond donors (Lipinski definition) is 1. The second kappa shape index (κ2) is 4.61. The molecule has 0 spiro atoms. The van der Waals surface area contributed by atoms with Crippen LogP contribution in [0, 0.1) is 0 Å². The minimum Gasteiger partial charge on any atom is -0.399 e. The van der Waals surface area contributed by atoms with Crippen molar-refractivity contribution in [1.29, 1.82) is 0 Å². The van der Waals surface area contributed by atoms with E-state index in [0.717, 1.165) is 43.6 Å². The summed E-state index contributed by atoms with van der Waals surface area (Å²) in [5.74, 6) is 0.109. The van der Waals surface area contributed by atoms with Crippen LogP contribution in [0.15, 0.2) is 18.2 Å². The van der Waals surface area contributed by atoms with Gasteiger partial charge >= 0.3 is 0 Å². The molecule has 18 heavy (non-hydrogen) atoms. The molecule has 0 saturated carbocycles. The second-order valence-corrected chi connectivity index (χ2v) is 4.98. The topological polar surface area (TPSA) is 55.6 Å². The number of ether oxygens (including phenoxy) is 1. The van der Waals surface area contributed by atoms with E-state index in [2.05, 4.69) is 0 Å². The number of nitrogens with two attached hydrogens (primary N) is 1. The van der Waals surface area contributed by atoms with Gasteiger partial charge in [0.2, 0.25) is 0 Å². The zero-order chi connectivity index (χ0) is 12.5. The third-order valence-electron chi connectivity index (χ3n) is 3.69. The van der Waals surface area contributed by atoms with Crippen LogP contribution >= 0.6 is 0 Å². The molecule has 2 heterocycles. The number of carbonyl (C=O) groups excluding carboxylic acids is 1. The highest BCUT2D eigenvalue weighted by atomic mass is 16.5. The van der Waals surface area contributed by atoms with Gasteiger partial charge < -0.3 is 15.4 Å². The van der Waals surface area contributed by atoms with Crippen molar-refractivity contribution in [3.05, 3.63) is 23.8 Å². The highest BCUT2D eigenvalue weighted by Gasteiger charge is 2.31. The van der Waals surface area contributed by atoms with Gasteiger partial charge in [0.15, 0.2) is 0 Å². The molecule has 96 valence electrons. The number of hydrogen-bond acceptors (Lipinski definition) is 3. The second-order valence-electron chi connectivity index (χ2n) is 4.98. The van der Waals surface area contributed by atoms with E-state index < -0.39 is 0 Å². The molecular formula is C14H18N2O2. The summed E-state index contributed by atoms with van der Waals surface area (Å²) in [4.78, 5) is 14.3. The Bertz CT molecular complexity index is 467. The molecule has 1 amide bonds. The van der Waals surface area contributed by atoms with Gasteiger partial charge in [0.05, 0.1) is 0 Å². The van der Waals surface area contributed by atoms with Crippen molar-refractivity contribution in [1.82, 2.24) is 0 Å². The number of nitrogens with zero attached hydrogens (tertiary/aromatic N) is 1. The maximum absolute atomic E-state index is 12.4. The van der Waals surface area contributed by atoms with Crippen molar-refractivity contribution in [2.75, 3.05) is 23.8 Å². The zero-order valence-electron chi connectivity index (χ0n) is 10.4. The van der Waals surface area contributed by atoms with Crippen LogP contribution in [0.3, 0.4) is 0 Å². The molecule has 2 N–H and O–H groups in total. The van der Waals surface area contributed by atoms with E-state index >= 15 is 0 Å². The van der Waals surface area contributed by atoms with E-state index in [0.29, 0.717) is 6.61 Å². The lowest BCUT2D eigenvalue weighted by Crippen LogP contribution is -2.42. The molecule has 1 saturated heterocycles. The summed E-state index contributed by atoms with van der Waals surface area (Å²) in [6, 6.07) is 5.79. The summed E-state index contributed by atoms with van der Waals surface area (Å²) < 4.78 is 5.49. The van der Waals surface area contributed by atoms with Gasteiger partial charge in [0.1, 0.15) is 6.10 Å². The quantitative estimate of drug-likeness (QED) is 0.768. The van der Waals surface area contributed by atoms with Crippen LogP contribution in [0.5, 0.6) is 0 Å². The lowest BCUT2D eigenvalue weighted by atomic mass is 10.00. The Balaban J connectivity index is 1.88. The van der Waals surface area contributed by atoms with Gasteiger partial charge in [0.25, 0.3) is 5.91 Å². The molecule has 2 aliphatic rings. The first-order valence-corrected chi connectivity index (χ1v) is 6.57. The van der Waals surface area contributed by atoms with E-state index in [1.54, 1.807) is 0 Å². The minimum atomic E-state index is -0.242. The fourth-order valence-electron chi connectivity index (χ4n) is 2.79. The molecule has 0 unspecified atom stereocenters. The average Bonchev–Trinajstić information content (AvgIpc) is 2.90. The molecule has 2 aliphatic heterocycles. The standard InChI is InChI=1S/C14H18N2O2/c15-11-5-6-12-10(9-11)3-1-7-16(12)14(17)13-4-2-8-18-13/h5-6,9,13H,1-4,7-8,15H2/t13-/m0/s1. The number of aryl methyl sites for hydroxylation is 1. The molecule has 1 aromatic rings. The van der Waals surface area contributed by atoms with Crippen LogP contribution in [0.25, 0.3) is 0 Å². The number of anilines is 2. The van der Waals surface area contributed by atoms with E-state index in [-0.39, 0.29) is 12.0 Å². The zero-order valence-corrected chi connectivity index (χ0v) is 10.4. The predicted octanol–water partition coefficient (Wildman–Crippen LogP) is 1.73. The summed E-state index contributed by atoms with van der Waals surface area (Å²) in [7, 11) is 0. The van der Waals surface area contributed by atoms with Crippen molar-refractivity contribution in [3.63, 3.8) is 0 Å². The molecule has 1 aromatic carbocycles. The van der Waals surface area contributed by atoms with Crippen LogP contribution < -0.4 is 10.6 Å². The largest absolute Gasteiger partial charge is 0.399 e. The van der Waals surface area contributed by atoms with Crippen LogP contribution in [0.4, 0.5) is 11.4 Å². The molecule has 0 bridgehead atoms. The smallest absolute Gasteiger partial charge is 0.256 e.